The molecule has 0 saturated carbocycles. The van der Waals surface area contributed by atoms with Crippen LogP contribution in [0.25, 0.3) is 6.08 Å². The molecule has 0 spiro atoms. The zero-order chi connectivity index (χ0) is 17.7. The van der Waals surface area contributed by atoms with Crippen molar-refractivity contribution in [2.45, 2.75) is 13.0 Å². The molecular formula is C18H17BrN2O3. The average Bonchev–Trinajstić information content (AvgIpc) is 2.58. The first-order chi connectivity index (χ1) is 11.4. The summed E-state index contributed by atoms with van der Waals surface area (Å²) in [7, 11) is 1.68. The molecule has 5 nitrogen and oxygen atoms in total. The van der Waals surface area contributed by atoms with Gasteiger partial charge >= 0.3 is 0 Å². The van der Waals surface area contributed by atoms with Gasteiger partial charge < -0.3 is 4.90 Å². The van der Waals surface area contributed by atoms with Gasteiger partial charge in [0.1, 0.15) is 0 Å². The van der Waals surface area contributed by atoms with Crippen LogP contribution in [0.1, 0.15) is 24.1 Å². The van der Waals surface area contributed by atoms with E-state index >= 15 is 0 Å². The number of carbonyl (C=O) groups is 1. The standard InChI is InChI=1S/C18H17BrN2O3/c1-13(15-6-4-8-17(12-15)21(23)24)20(2)18(22)10-9-14-5-3-7-16(19)11-14/h3-13H,1-2H3/b10-9+/t13-/m1/s1. The summed E-state index contributed by atoms with van der Waals surface area (Å²) in [5.41, 5.74) is 1.65. The molecule has 6 heteroatoms. The minimum Gasteiger partial charge on any atom is -0.335 e. The maximum Gasteiger partial charge on any atom is 0.269 e. The van der Waals surface area contributed by atoms with Gasteiger partial charge in [0.25, 0.3) is 5.69 Å². The Kier molecular flexibility index (Phi) is 5.87. The lowest BCUT2D eigenvalue weighted by Crippen LogP contribution is -2.28. The number of rotatable bonds is 5. The SMILES string of the molecule is C[C@H](c1cccc([N+](=O)[O-])c1)N(C)C(=O)/C=C/c1cccc(Br)c1. The molecule has 0 saturated heterocycles. The highest BCUT2D eigenvalue weighted by Gasteiger charge is 2.17. The van der Waals surface area contributed by atoms with Crippen LogP contribution in [0, 0.1) is 10.1 Å². The first kappa shape index (κ1) is 17.9. The van der Waals surface area contributed by atoms with Crippen LogP contribution in [0.5, 0.6) is 0 Å². The summed E-state index contributed by atoms with van der Waals surface area (Å²) in [4.78, 5) is 24.3. The predicted octanol–water partition coefficient (Wildman–Crippen LogP) is 4.59. The van der Waals surface area contributed by atoms with E-state index in [2.05, 4.69) is 15.9 Å². The van der Waals surface area contributed by atoms with Crippen LogP contribution in [-0.2, 0) is 4.79 Å². The van der Waals surface area contributed by atoms with Gasteiger partial charge in [-0.15, -0.1) is 0 Å². The van der Waals surface area contributed by atoms with Gasteiger partial charge in [0.05, 0.1) is 11.0 Å². The Hall–Kier alpha value is -2.47. The molecule has 0 unspecified atom stereocenters. The van der Waals surface area contributed by atoms with Crippen LogP contribution in [0.2, 0.25) is 0 Å². The van der Waals surface area contributed by atoms with Gasteiger partial charge in [-0.1, -0.05) is 40.2 Å². The zero-order valence-corrected chi connectivity index (χ0v) is 14.9. The van der Waals surface area contributed by atoms with Crippen LogP contribution < -0.4 is 0 Å². The summed E-state index contributed by atoms with van der Waals surface area (Å²) in [6.45, 7) is 1.84. The number of amides is 1. The lowest BCUT2D eigenvalue weighted by atomic mass is 10.1. The van der Waals surface area contributed by atoms with E-state index in [9.17, 15) is 14.9 Å². The van der Waals surface area contributed by atoms with Gasteiger partial charge in [-0.25, -0.2) is 0 Å². The molecule has 0 heterocycles. The second kappa shape index (κ2) is 7.88. The third-order valence-electron chi connectivity index (χ3n) is 3.76. The van der Waals surface area contributed by atoms with Crippen molar-refractivity contribution in [3.63, 3.8) is 0 Å². The van der Waals surface area contributed by atoms with Crippen molar-refractivity contribution in [2.24, 2.45) is 0 Å². The summed E-state index contributed by atoms with van der Waals surface area (Å²) in [6.07, 6.45) is 3.24. The summed E-state index contributed by atoms with van der Waals surface area (Å²) >= 11 is 3.39. The summed E-state index contributed by atoms with van der Waals surface area (Å²) in [5.74, 6) is -0.172. The smallest absolute Gasteiger partial charge is 0.269 e. The number of non-ortho nitro benzene ring substituents is 1. The second-order valence-corrected chi connectivity index (χ2v) is 6.28. The second-order valence-electron chi connectivity index (χ2n) is 5.37. The van der Waals surface area contributed by atoms with E-state index in [0.29, 0.717) is 0 Å². The fraction of sp³-hybridized carbons (Fsp3) is 0.167. The Balaban J connectivity index is 2.12. The van der Waals surface area contributed by atoms with Crippen LogP contribution in [-0.4, -0.2) is 22.8 Å². The molecule has 0 N–H and O–H groups in total. The molecule has 0 aliphatic rings. The van der Waals surface area contributed by atoms with Gasteiger partial charge in [-0.3, -0.25) is 14.9 Å². The van der Waals surface area contributed by atoms with Crippen molar-refractivity contribution in [2.75, 3.05) is 7.05 Å². The first-order valence-corrected chi connectivity index (χ1v) is 8.12. The molecule has 0 radical (unpaired) electrons. The number of nitro benzene ring substituents is 1. The number of likely N-dealkylation sites (N-methyl/N-ethyl adjacent to an activating group) is 1. The van der Waals surface area contributed by atoms with Crippen molar-refractivity contribution in [1.29, 1.82) is 0 Å². The molecule has 0 fully saturated rings. The van der Waals surface area contributed by atoms with E-state index in [0.717, 1.165) is 15.6 Å². The van der Waals surface area contributed by atoms with Crippen LogP contribution in [0.3, 0.4) is 0 Å². The third kappa shape index (κ3) is 4.52. The van der Waals surface area contributed by atoms with Gasteiger partial charge in [0.15, 0.2) is 0 Å². The Labute approximate surface area is 148 Å². The molecule has 2 rings (SSSR count). The Morgan fingerprint density at radius 2 is 1.96 bits per heavy atom. The predicted molar refractivity (Wildman–Crippen MR) is 97.5 cm³/mol. The number of nitro groups is 1. The Morgan fingerprint density at radius 1 is 1.25 bits per heavy atom. The Morgan fingerprint density at radius 3 is 2.62 bits per heavy atom. The van der Waals surface area contributed by atoms with Crippen molar-refractivity contribution >= 4 is 33.6 Å². The maximum absolute atomic E-state index is 12.3. The highest BCUT2D eigenvalue weighted by molar-refractivity contribution is 9.10. The molecule has 0 bridgehead atoms. The van der Waals surface area contributed by atoms with Crippen molar-refractivity contribution < 1.29 is 9.72 Å². The minimum absolute atomic E-state index is 0.0184. The lowest BCUT2D eigenvalue weighted by Gasteiger charge is -2.24. The Bertz CT molecular complexity index is 789. The number of benzene rings is 2. The average molecular weight is 389 g/mol. The van der Waals surface area contributed by atoms with Crippen molar-refractivity contribution in [1.82, 2.24) is 4.90 Å². The zero-order valence-electron chi connectivity index (χ0n) is 13.3. The molecule has 1 amide bonds. The van der Waals surface area contributed by atoms with E-state index in [4.69, 9.17) is 0 Å². The largest absolute Gasteiger partial charge is 0.335 e. The lowest BCUT2D eigenvalue weighted by molar-refractivity contribution is -0.384. The quantitative estimate of drug-likeness (QED) is 0.427. The maximum atomic E-state index is 12.3. The summed E-state index contributed by atoms with van der Waals surface area (Å²) in [5, 5.41) is 10.9. The summed E-state index contributed by atoms with van der Waals surface area (Å²) in [6, 6.07) is 13.7. The number of hydrogen-bond donors (Lipinski definition) is 0. The van der Waals surface area contributed by atoms with Gasteiger partial charge in [-0.05, 0) is 36.3 Å². The summed E-state index contributed by atoms with van der Waals surface area (Å²) < 4.78 is 0.940. The molecule has 124 valence electrons. The number of halogens is 1. The number of nitrogens with zero attached hydrogens (tertiary/aromatic N) is 2. The van der Waals surface area contributed by atoms with E-state index in [-0.39, 0.29) is 17.6 Å². The molecule has 24 heavy (non-hydrogen) atoms. The fourth-order valence-corrected chi connectivity index (χ4v) is 2.62. The molecule has 2 aromatic carbocycles. The van der Waals surface area contributed by atoms with Crippen LogP contribution in [0.15, 0.2) is 59.1 Å². The van der Waals surface area contributed by atoms with Crippen molar-refractivity contribution in [3.8, 4) is 0 Å². The molecular weight excluding hydrogens is 372 g/mol. The first-order valence-electron chi connectivity index (χ1n) is 7.33. The third-order valence-corrected chi connectivity index (χ3v) is 4.25. The number of carbonyl (C=O) groups excluding carboxylic acids is 1. The normalized spacial score (nSPS) is 12.1. The number of hydrogen-bond acceptors (Lipinski definition) is 3. The minimum atomic E-state index is -0.439. The molecule has 0 aliphatic heterocycles. The monoisotopic (exact) mass is 388 g/mol. The van der Waals surface area contributed by atoms with E-state index in [1.807, 2.05) is 31.2 Å². The fourth-order valence-electron chi connectivity index (χ4n) is 2.21. The van der Waals surface area contributed by atoms with Gasteiger partial charge in [0, 0.05) is 29.7 Å². The van der Waals surface area contributed by atoms with E-state index < -0.39 is 4.92 Å². The van der Waals surface area contributed by atoms with Crippen molar-refractivity contribution in [3.05, 3.63) is 80.3 Å². The van der Waals surface area contributed by atoms with E-state index in [1.54, 1.807) is 30.2 Å². The molecule has 0 aromatic heterocycles. The topological polar surface area (TPSA) is 63.5 Å². The highest BCUT2D eigenvalue weighted by atomic mass is 79.9. The molecule has 2 aromatic rings. The molecule has 1 atom stereocenters. The van der Waals surface area contributed by atoms with Gasteiger partial charge in [-0.2, -0.15) is 0 Å². The van der Waals surface area contributed by atoms with Crippen LogP contribution in [0.4, 0.5) is 5.69 Å². The van der Waals surface area contributed by atoms with Crippen LogP contribution >= 0.6 is 15.9 Å². The highest BCUT2D eigenvalue weighted by Crippen LogP contribution is 2.23. The molecule has 0 aliphatic carbocycles. The van der Waals surface area contributed by atoms with E-state index in [1.165, 1.54) is 18.2 Å². The van der Waals surface area contributed by atoms with Gasteiger partial charge in [0.2, 0.25) is 5.91 Å².